The Balaban J connectivity index is 1.78. The van der Waals surface area contributed by atoms with Crippen molar-refractivity contribution >= 4 is 22.7 Å². The lowest BCUT2D eigenvalue weighted by atomic mass is 10.0. The summed E-state index contributed by atoms with van der Waals surface area (Å²) in [7, 11) is 0. The molecule has 2 heterocycles. The third kappa shape index (κ3) is 2.79. The fraction of sp³-hybridized carbons (Fsp3) is 0.312. The number of nitrogens with zero attached hydrogens (tertiary/aromatic N) is 2. The number of nitriles is 1. The Morgan fingerprint density at radius 2 is 2.27 bits per heavy atom. The Morgan fingerprint density at radius 1 is 1.41 bits per heavy atom. The number of hydrogen-bond donors (Lipinski definition) is 1. The van der Waals surface area contributed by atoms with E-state index in [0.717, 1.165) is 12.8 Å². The molecule has 6 heteroatoms. The fourth-order valence-electron chi connectivity index (χ4n) is 2.63. The van der Waals surface area contributed by atoms with Crippen molar-refractivity contribution < 1.29 is 9.21 Å². The zero-order valence-corrected chi connectivity index (χ0v) is 11.9. The van der Waals surface area contributed by atoms with Crippen LogP contribution in [0, 0.1) is 17.2 Å². The molecule has 1 atom stereocenters. The number of likely N-dealkylation sites (tertiary alicyclic amines) is 1. The van der Waals surface area contributed by atoms with E-state index in [-0.39, 0.29) is 17.4 Å². The average molecular weight is 297 g/mol. The largest absolute Gasteiger partial charge is 0.464 e. The first-order chi connectivity index (χ1) is 10.7. The number of carbonyl (C=O) groups excluding carboxylic acids is 1. The molecule has 3 rings (SSSR count). The summed E-state index contributed by atoms with van der Waals surface area (Å²) < 4.78 is 5.24. The first-order valence-corrected chi connectivity index (χ1v) is 7.14. The van der Waals surface area contributed by atoms with Crippen LogP contribution < -0.4 is 10.7 Å². The summed E-state index contributed by atoms with van der Waals surface area (Å²) in [5.41, 5.74) is 0.864. The molecular weight excluding hydrogens is 282 g/mol. The summed E-state index contributed by atoms with van der Waals surface area (Å²) >= 11 is 0. The summed E-state index contributed by atoms with van der Waals surface area (Å²) in [6.45, 7) is 1.08. The number of amides is 2. The quantitative estimate of drug-likeness (QED) is 0.876. The molecule has 112 valence electrons. The van der Waals surface area contributed by atoms with Crippen molar-refractivity contribution in [3.8, 4) is 6.07 Å². The highest BCUT2D eigenvalue weighted by atomic mass is 16.3. The van der Waals surface area contributed by atoms with Crippen LogP contribution in [-0.2, 0) is 0 Å². The highest BCUT2D eigenvalue weighted by molar-refractivity contribution is 5.92. The number of benzene rings is 1. The number of fused-ring (bicyclic) bond motifs is 1. The first kappa shape index (κ1) is 14.1. The van der Waals surface area contributed by atoms with Crippen molar-refractivity contribution in [2.75, 3.05) is 18.4 Å². The molecule has 2 amide bonds. The third-order valence-electron chi connectivity index (χ3n) is 3.80. The van der Waals surface area contributed by atoms with Crippen LogP contribution in [-0.4, -0.2) is 24.0 Å². The van der Waals surface area contributed by atoms with E-state index in [0.29, 0.717) is 29.7 Å². The van der Waals surface area contributed by atoms with Gasteiger partial charge in [0.2, 0.25) is 0 Å². The summed E-state index contributed by atoms with van der Waals surface area (Å²) in [5.74, 6) is -0.108. The predicted octanol–water partition coefficient (Wildman–Crippen LogP) is 2.56. The second kappa shape index (κ2) is 5.90. The van der Waals surface area contributed by atoms with E-state index in [1.165, 1.54) is 12.3 Å². The number of nitrogens with one attached hydrogen (secondary N) is 1. The molecule has 0 radical (unpaired) electrons. The van der Waals surface area contributed by atoms with Gasteiger partial charge >= 0.3 is 6.03 Å². The van der Waals surface area contributed by atoms with Gasteiger partial charge in [0.1, 0.15) is 5.58 Å². The van der Waals surface area contributed by atoms with Gasteiger partial charge in [-0.05, 0) is 31.0 Å². The highest BCUT2D eigenvalue weighted by Gasteiger charge is 2.23. The molecule has 22 heavy (non-hydrogen) atoms. The van der Waals surface area contributed by atoms with Crippen molar-refractivity contribution in [2.24, 2.45) is 5.92 Å². The molecule has 0 saturated carbocycles. The molecule has 1 aliphatic rings. The molecule has 0 bridgehead atoms. The SMILES string of the molecule is N#CC1CCCN(C(=O)Nc2ccc3occc(=O)c3c2)C1. The molecule has 1 N–H and O–H groups in total. The maximum Gasteiger partial charge on any atom is 0.321 e. The molecule has 1 unspecified atom stereocenters. The van der Waals surface area contributed by atoms with Gasteiger partial charge in [-0.3, -0.25) is 4.79 Å². The second-order valence-electron chi connectivity index (χ2n) is 5.34. The Hall–Kier alpha value is -2.81. The summed E-state index contributed by atoms with van der Waals surface area (Å²) in [6.07, 6.45) is 3.00. The normalized spacial score (nSPS) is 18.0. The minimum Gasteiger partial charge on any atom is -0.464 e. The van der Waals surface area contributed by atoms with Crippen LogP contribution >= 0.6 is 0 Å². The van der Waals surface area contributed by atoms with Crippen molar-refractivity contribution in [2.45, 2.75) is 12.8 Å². The van der Waals surface area contributed by atoms with Gasteiger partial charge in [0.05, 0.1) is 23.6 Å². The summed E-state index contributed by atoms with van der Waals surface area (Å²) in [5, 5.41) is 12.2. The van der Waals surface area contributed by atoms with Gasteiger partial charge in [0.25, 0.3) is 0 Å². The lowest BCUT2D eigenvalue weighted by Crippen LogP contribution is -2.42. The molecule has 2 aromatic rings. The van der Waals surface area contributed by atoms with E-state index in [4.69, 9.17) is 9.68 Å². The highest BCUT2D eigenvalue weighted by Crippen LogP contribution is 2.19. The Kier molecular flexibility index (Phi) is 3.79. The minimum absolute atomic E-state index is 0.108. The van der Waals surface area contributed by atoms with Crippen LogP contribution in [0.4, 0.5) is 10.5 Å². The molecule has 1 aromatic heterocycles. The standard InChI is InChI=1S/C16H15N3O3/c17-9-11-2-1-6-19(10-11)16(21)18-12-3-4-15-13(8-12)14(20)5-7-22-15/h3-5,7-8,11H,1-2,6,10H2,(H,18,21). The number of hydrogen-bond acceptors (Lipinski definition) is 4. The number of urea groups is 1. The van der Waals surface area contributed by atoms with E-state index in [1.807, 2.05) is 0 Å². The number of carbonyl (C=O) groups is 1. The van der Waals surface area contributed by atoms with Crippen LogP contribution in [0.25, 0.3) is 11.0 Å². The molecule has 1 fully saturated rings. The Morgan fingerprint density at radius 3 is 3.09 bits per heavy atom. The zero-order chi connectivity index (χ0) is 15.5. The average Bonchev–Trinajstić information content (AvgIpc) is 2.55. The first-order valence-electron chi connectivity index (χ1n) is 7.14. The molecule has 1 saturated heterocycles. The van der Waals surface area contributed by atoms with Crippen LogP contribution in [0.1, 0.15) is 12.8 Å². The molecule has 1 aliphatic heterocycles. The van der Waals surface area contributed by atoms with E-state index < -0.39 is 0 Å². The van der Waals surface area contributed by atoms with E-state index in [1.54, 1.807) is 23.1 Å². The van der Waals surface area contributed by atoms with Gasteiger partial charge in [-0.15, -0.1) is 0 Å². The van der Waals surface area contributed by atoms with Gasteiger partial charge in [-0.1, -0.05) is 0 Å². The monoisotopic (exact) mass is 297 g/mol. The fourth-order valence-corrected chi connectivity index (χ4v) is 2.63. The van der Waals surface area contributed by atoms with Crippen LogP contribution in [0.15, 0.2) is 39.7 Å². The van der Waals surface area contributed by atoms with E-state index >= 15 is 0 Å². The Labute approximate surface area is 126 Å². The molecule has 0 spiro atoms. The third-order valence-corrected chi connectivity index (χ3v) is 3.80. The second-order valence-corrected chi connectivity index (χ2v) is 5.34. The topological polar surface area (TPSA) is 86.3 Å². The van der Waals surface area contributed by atoms with Crippen molar-refractivity contribution in [1.82, 2.24) is 4.90 Å². The zero-order valence-electron chi connectivity index (χ0n) is 11.9. The maximum absolute atomic E-state index is 12.3. The lowest BCUT2D eigenvalue weighted by molar-refractivity contribution is 0.189. The summed E-state index contributed by atoms with van der Waals surface area (Å²) in [6, 6.07) is 8.25. The van der Waals surface area contributed by atoms with Gasteiger partial charge in [-0.2, -0.15) is 5.26 Å². The predicted molar refractivity (Wildman–Crippen MR) is 81.4 cm³/mol. The molecular formula is C16H15N3O3. The van der Waals surface area contributed by atoms with Crippen molar-refractivity contribution in [3.05, 3.63) is 40.8 Å². The van der Waals surface area contributed by atoms with Gasteiger partial charge < -0.3 is 14.6 Å². The van der Waals surface area contributed by atoms with Crippen molar-refractivity contribution in [3.63, 3.8) is 0 Å². The number of piperidine rings is 1. The molecule has 6 nitrogen and oxygen atoms in total. The number of rotatable bonds is 1. The van der Waals surface area contributed by atoms with E-state index in [9.17, 15) is 9.59 Å². The Bertz CT molecular complexity index is 806. The van der Waals surface area contributed by atoms with Crippen LogP contribution in [0.3, 0.4) is 0 Å². The minimum atomic E-state index is -0.250. The van der Waals surface area contributed by atoms with Crippen LogP contribution in [0.5, 0.6) is 0 Å². The van der Waals surface area contributed by atoms with Gasteiger partial charge in [0.15, 0.2) is 5.43 Å². The van der Waals surface area contributed by atoms with Crippen LogP contribution in [0.2, 0.25) is 0 Å². The lowest BCUT2D eigenvalue weighted by Gasteiger charge is -2.29. The molecule has 1 aromatic carbocycles. The number of anilines is 1. The molecule has 0 aliphatic carbocycles. The smallest absolute Gasteiger partial charge is 0.321 e. The van der Waals surface area contributed by atoms with E-state index in [2.05, 4.69) is 11.4 Å². The van der Waals surface area contributed by atoms with Crippen molar-refractivity contribution in [1.29, 1.82) is 5.26 Å². The maximum atomic E-state index is 12.3. The summed E-state index contributed by atoms with van der Waals surface area (Å²) in [4.78, 5) is 25.7. The van der Waals surface area contributed by atoms with Gasteiger partial charge in [-0.25, -0.2) is 4.79 Å². The van der Waals surface area contributed by atoms with Gasteiger partial charge in [0, 0.05) is 24.8 Å².